The topological polar surface area (TPSA) is 88.3 Å². The largest absolute Gasteiger partial charge is 0.573 e. The van der Waals surface area contributed by atoms with E-state index in [1.54, 1.807) is 0 Å². The average Bonchev–Trinajstić information content (AvgIpc) is 3.38. The molecule has 2 aliphatic rings. The molecule has 14 heteroatoms. The summed E-state index contributed by atoms with van der Waals surface area (Å²) in [5.74, 6) is 0.361. The van der Waals surface area contributed by atoms with E-state index in [2.05, 4.69) is 30.3 Å². The number of ether oxygens (including phenoxy) is 1. The fourth-order valence-electron chi connectivity index (χ4n) is 5.19. The predicted molar refractivity (Wildman–Crippen MR) is 134 cm³/mol. The number of aromatic nitrogens is 3. The SMILES string of the molecule is FC(F)(F)Oc1ccc(-c2cnc(N[C@@H]3CCCC[C@H]3N[C@H]3CCCN(c4ncc(C(F)(F)F)cn4)C3)o2)cc1. The van der Waals surface area contributed by atoms with Crippen molar-refractivity contribution in [2.24, 2.45) is 0 Å². The number of benzene rings is 1. The maximum absolute atomic E-state index is 12.9. The zero-order chi connectivity index (χ0) is 28.3. The van der Waals surface area contributed by atoms with Crippen LogP contribution in [0.1, 0.15) is 44.1 Å². The van der Waals surface area contributed by atoms with Crippen LogP contribution in [0.5, 0.6) is 5.75 Å². The summed E-state index contributed by atoms with van der Waals surface area (Å²) in [5.41, 5.74) is -0.317. The number of alkyl halides is 6. The molecule has 0 unspecified atom stereocenters. The van der Waals surface area contributed by atoms with Crippen molar-refractivity contribution in [1.29, 1.82) is 0 Å². The summed E-state index contributed by atoms with van der Waals surface area (Å²) in [4.78, 5) is 14.1. The summed E-state index contributed by atoms with van der Waals surface area (Å²) >= 11 is 0. The Morgan fingerprint density at radius 1 is 0.850 bits per heavy atom. The Kier molecular flexibility index (Phi) is 8.06. The molecule has 3 heterocycles. The number of rotatable bonds is 7. The average molecular weight is 571 g/mol. The van der Waals surface area contributed by atoms with Crippen molar-refractivity contribution in [3.8, 4) is 17.1 Å². The molecule has 0 radical (unpaired) electrons. The number of halogens is 6. The highest BCUT2D eigenvalue weighted by Crippen LogP contribution is 2.31. The zero-order valence-corrected chi connectivity index (χ0v) is 21.3. The second kappa shape index (κ2) is 11.5. The molecule has 0 bridgehead atoms. The first-order valence-corrected chi connectivity index (χ1v) is 13.0. The van der Waals surface area contributed by atoms with E-state index in [0.29, 0.717) is 30.4 Å². The molecule has 2 N–H and O–H groups in total. The van der Waals surface area contributed by atoms with E-state index in [9.17, 15) is 26.3 Å². The third-order valence-electron chi connectivity index (χ3n) is 7.07. The molecule has 3 aromatic rings. The molecule has 1 aromatic carbocycles. The van der Waals surface area contributed by atoms with Gasteiger partial charge in [-0.3, -0.25) is 0 Å². The Balaban J connectivity index is 1.19. The van der Waals surface area contributed by atoms with E-state index < -0.39 is 18.1 Å². The lowest BCUT2D eigenvalue weighted by atomic mass is 9.89. The van der Waals surface area contributed by atoms with E-state index in [-0.39, 0.29) is 29.8 Å². The number of oxazole rings is 1. The van der Waals surface area contributed by atoms with Gasteiger partial charge in [0.1, 0.15) is 5.75 Å². The van der Waals surface area contributed by atoms with Crippen molar-refractivity contribution < 1.29 is 35.5 Å². The Labute approximate surface area is 226 Å². The van der Waals surface area contributed by atoms with E-state index in [0.717, 1.165) is 50.9 Å². The third kappa shape index (κ3) is 7.14. The standard InChI is InChI=1S/C26H28F6N6O2/c27-25(28,29)17-12-33-23(34-13-17)38-11-3-4-18(15-38)36-20-5-1-2-6-21(20)37-24-35-14-22(39-24)16-7-9-19(10-8-16)40-26(30,31)32/h7-10,12-14,18,20-21,36H,1-6,11,15H2,(H,35,37)/t18-,20+,21+/m0/s1. The van der Waals surface area contributed by atoms with Gasteiger partial charge in [0.05, 0.1) is 11.8 Å². The minimum Gasteiger partial charge on any atom is -0.424 e. The molecule has 8 nitrogen and oxygen atoms in total. The molecule has 0 amide bonds. The van der Waals surface area contributed by atoms with Crippen molar-refractivity contribution in [2.75, 3.05) is 23.3 Å². The number of nitrogens with one attached hydrogen (secondary N) is 2. The van der Waals surface area contributed by atoms with Crippen LogP contribution < -0.4 is 20.3 Å². The molecule has 2 fully saturated rings. The van der Waals surface area contributed by atoms with Gasteiger partial charge >= 0.3 is 12.5 Å². The number of hydrogen-bond donors (Lipinski definition) is 2. The van der Waals surface area contributed by atoms with Gasteiger partial charge in [-0.05, 0) is 49.9 Å². The lowest BCUT2D eigenvalue weighted by Crippen LogP contribution is -2.55. The van der Waals surface area contributed by atoms with Crippen LogP contribution in [-0.4, -0.2) is 52.5 Å². The highest BCUT2D eigenvalue weighted by atomic mass is 19.4. The molecular formula is C26H28F6N6O2. The highest BCUT2D eigenvalue weighted by Gasteiger charge is 2.33. The fourth-order valence-corrected chi connectivity index (χ4v) is 5.19. The predicted octanol–water partition coefficient (Wildman–Crippen LogP) is 6.03. The van der Waals surface area contributed by atoms with Crippen LogP contribution in [-0.2, 0) is 6.18 Å². The van der Waals surface area contributed by atoms with Crippen molar-refractivity contribution in [3.05, 3.63) is 48.4 Å². The molecule has 1 saturated heterocycles. The van der Waals surface area contributed by atoms with Gasteiger partial charge in [-0.25, -0.2) is 15.0 Å². The highest BCUT2D eigenvalue weighted by molar-refractivity contribution is 5.58. The van der Waals surface area contributed by atoms with Gasteiger partial charge in [-0.2, -0.15) is 13.2 Å². The molecule has 3 atom stereocenters. The smallest absolute Gasteiger partial charge is 0.424 e. The summed E-state index contributed by atoms with van der Waals surface area (Å²) in [5, 5.41) is 7.07. The van der Waals surface area contributed by atoms with Crippen molar-refractivity contribution >= 4 is 12.0 Å². The van der Waals surface area contributed by atoms with Crippen LogP contribution in [0.15, 0.2) is 47.3 Å². The van der Waals surface area contributed by atoms with Gasteiger partial charge in [0.2, 0.25) is 5.95 Å². The second-order valence-corrected chi connectivity index (χ2v) is 9.96. The van der Waals surface area contributed by atoms with E-state index >= 15 is 0 Å². The van der Waals surface area contributed by atoms with Gasteiger partial charge < -0.3 is 24.7 Å². The van der Waals surface area contributed by atoms with Crippen LogP contribution >= 0.6 is 0 Å². The van der Waals surface area contributed by atoms with E-state index in [1.165, 1.54) is 30.5 Å². The summed E-state index contributed by atoms with van der Waals surface area (Å²) in [6.07, 6.45) is -0.440. The van der Waals surface area contributed by atoms with Crippen LogP contribution in [0.4, 0.5) is 38.3 Å². The number of anilines is 2. The quantitative estimate of drug-likeness (QED) is 0.333. The summed E-state index contributed by atoms with van der Waals surface area (Å²) in [7, 11) is 0. The van der Waals surface area contributed by atoms with Gasteiger partial charge in [0, 0.05) is 49.2 Å². The molecule has 40 heavy (non-hydrogen) atoms. The Morgan fingerprint density at radius 2 is 1.55 bits per heavy atom. The third-order valence-corrected chi connectivity index (χ3v) is 7.07. The molecule has 0 spiro atoms. The van der Waals surface area contributed by atoms with Gasteiger partial charge in [0.15, 0.2) is 5.76 Å². The summed E-state index contributed by atoms with van der Waals surface area (Å²) < 4.78 is 85.6. The Hall–Kier alpha value is -3.55. The molecule has 5 rings (SSSR count). The first-order valence-electron chi connectivity index (χ1n) is 13.0. The number of piperidine rings is 1. The fraction of sp³-hybridized carbons (Fsp3) is 0.500. The van der Waals surface area contributed by atoms with Gasteiger partial charge in [-0.15, -0.1) is 13.2 Å². The normalized spacial score (nSPS) is 22.2. The second-order valence-electron chi connectivity index (χ2n) is 9.96. The minimum absolute atomic E-state index is 0.0282. The van der Waals surface area contributed by atoms with Crippen LogP contribution in [0.2, 0.25) is 0 Å². The first-order chi connectivity index (χ1) is 19.0. The molecule has 2 aromatic heterocycles. The number of nitrogens with zero attached hydrogens (tertiary/aromatic N) is 4. The molecule has 1 aliphatic heterocycles. The maximum Gasteiger partial charge on any atom is 0.573 e. The maximum atomic E-state index is 12.9. The van der Waals surface area contributed by atoms with E-state index in [1.807, 2.05) is 4.90 Å². The monoisotopic (exact) mass is 570 g/mol. The molecular weight excluding hydrogens is 542 g/mol. The minimum atomic E-state index is -4.76. The summed E-state index contributed by atoms with van der Waals surface area (Å²) in [6, 6.07) is 5.90. The van der Waals surface area contributed by atoms with Gasteiger partial charge in [-0.1, -0.05) is 12.8 Å². The lowest BCUT2D eigenvalue weighted by Gasteiger charge is -2.39. The van der Waals surface area contributed by atoms with Crippen molar-refractivity contribution in [1.82, 2.24) is 20.3 Å². The van der Waals surface area contributed by atoms with Crippen molar-refractivity contribution in [3.63, 3.8) is 0 Å². The van der Waals surface area contributed by atoms with Crippen LogP contribution in [0.25, 0.3) is 11.3 Å². The molecule has 1 saturated carbocycles. The van der Waals surface area contributed by atoms with Crippen LogP contribution in [0.3, 0.4) is 0 Å². The molecule has 216 valence electrons. The Morgan fingerprint density at radius 3 is 2.23 bits per heavy atom. The van der Waals surface area contributed by atoms with Gasteiger partial charge in [0.25, 0.3) is 6.01 Å². The Bertz CT molecular complexity index is 1250. The van der Waals surface area contributed by atoms with Crippen LogP contribution in [0, 0.1) is 0 Å². The van der Waals surface area contributed by atoms with E-state index in [4.69, 9.17) is 4.42 Å². The zero-order valence-electron chi connectivity index (χ0n) is 21.3. The summed E-state index contributed by atoms with van der Waals surface area (Å²) in [6.45, 7) is 1.24. The lowest BCUT2D eigenvalue weighted by molar-refractivity contribution is -0.274. The number of hydrogen-bond acceptors (Lipinski definition) is 8. The first kappa shape index (κ1) is 28.0. The molecule has 1 aliphatic carbocycles. The van der Waals surface area contributed by atoms with Crippen molar-refractivity contribution in [2.45, 2.75) is 69.2 Å².